The highest BCUT2D eigenvalue weighted by molar-refractivity contribution is 5.62. The SMILES string of the molecule is COc1ccc(OCc2cc(C)cc(C)c2)cc1N(C(C)C)C(C)C. The summed E-state index contributed by atoms with van der Waals surface area (Å²) in [7, 11) is 1.72. The monoisotopic (exact) mass is 341 g/mol. The van der Waals surface area contributed by atoms with E-state index in [1.54, 1.807) is 7.11 Å². The van der Waals surface area contributed by atoms with Crippen LogP contribution in [0, 0.1) is 13.8 Å². The molecule has 0 spiro atoms. The van der Waals surface area contributed by atoms with Crippen molar-refractivity contribution in [3.8, 4) is 11.5 Å². The molecule has 0 aliphatic rings. The molecule has 0 aliphatic heterocycles. The van der Waals surface area contributed by atoms with Crippen LogP contribution in [0.15, 0.2) is 36.4 Å². The second kappa shape index (κ2) is 8.28. The molecule has 3 heteroatoms. The summed E-state index contributed by atoms with van der Waals surface area (Å²) in [6.45, 7) is 13.6. The van der Waals surface area contributed by atoms with E-state index in [9.17, 15) is 0 Å². The zero-order valence-corrected chi connectivity index (χ0v) is 16.6. The van der Waals surface area contributed by atoms with E-state index >= 15 is 0 Å². The number of ether oxygens (including phenoxy) is 2. The fraction of sp³-hybridized carbons (Fsp3) is 0.455. The average molecular weight is 341 g/mol. The normalized spacial score (nSPS) is 11.1. The van der Waals surface area contributed by atoms with E-state index in [1.807, 2.05) is 12.1 Å². The molecule has 0 aromatic heterocycles. The van der Waals surface area contributed by atoms with Crippen LogP contribution in [0.3, 0.4) is 0 Å². The minimum absolute atomic E-state index is 0.378. The molecule has 0 aliphatic carbocycles. The molecule has 0 atom stereocenters. The quantitative estimate of drug-likeness (QED) is 0.662. The van der Waals surface area contributed by atoms with Gasteiger partial charge in [-0.1, -0.05) is 29.3 Å². The van der Waals surface area contributed by atoms with Crippen LogP contribution >= 0.6 is 0 Å². The lowest BCUT2D eigenvalue weighted by Crippen LogP contribution is -2.37. The number of rotatable bonds is 7. The van der Waals surface area contributed by atoms with Crippen molar-refractivity contribution in [3.05, 3.63) is 53.1 Å². The Morgan fingerprint density at radius 3 is 2.00 bits per heavy atom. The molecular weight excluding hydrogens is 310 g/mol. The molecule has 0 N–H and O–H groups in total. The van der Waals surface area contributed by atoms with Gasteiger partial charge in [-0.15, -0.1) is 0 Å². The van der Waals surface area contributed by atoms with Gasteiger partial charge in [-0.25, -0.2) is 0 Å². The van der Waals surface area contributed by atoms with E-state index in [0.29, 0.717) is 18.7 Å². The Kier molecular flexibility index (Phi) is 6.35. The maximum absolute atomic E-state index is 6.07. The number of hydrogen-bond acceptors (Lipinski definition) is 3. The number of hydrogen-bond donors (Lipinski definition) is 0. The fourth-order valence-electron chi connectivity index (χ4n) is 3.43. The summed E-state index contributed by atoms with van der Waals surface area (Å²) in [5.41, 5.74) is 4.80. The van der Waals surface area contributed by atoms with Crippen LogP contribution in [0.25, 0.3) is 0 Å². The minimum Gasteiger partial charge on any atom is -0.495 e. The van der Waals surface area contributed by atoms with Crippen LogP contribution in [0.5, 0.6) is 11.5 Å². The standard InChI is InChI=1S/C22H31NO2/c1-15(2)23(16(3)4)21-13-20(8-9-22(21)24-7)25-14-19-11-17(5)10-18(6)12-19/h8-13,15-16H,14H2,1-7H3. The van der Waals surface area contributed by atoms with Gasteiger partial charge in [0, 0.05) is 18.2 Å². The lowest BCUT2D eigenvalue weighted by Gasteiger charge is -2.34. The van der Waals surface area contributed by atoms with Crippen LogP contribution < -0.4 is 14.4 Å². The van der Waals surface area contributed by atoms with Gasteiger partial charge in [0.1, 0.15) is 18.1 Å². The third-order valence-corrected chi connectivity index (χ3v) is 4.23. The summed E-state index contributed by atoms with van der Waals surface area (Å²) in [5.74, 6) is 1.74. The van der Waals surface area contributed by atoms with Gasteiger partial charge in [0.15, 0.2) is 0 Å². The number of anilines is 1. The van der Waals surface area contributed by atoms with Crippen LogP contribution in [0.1, 0.15) is 44.4 Å². The second-order valence-corrected chi connectivity index (χ2v) is 7.21. The maximum atomic E-state index is 6.07. The Morgan fingerprint density at radius 1 is 0.880 bits per heavy atom. The van der Waals surface area contributed by atoms with Gasteiger partial charge < -0.3 is 14.4 Å². The highest BCUT2D eigenvalue weighted by Gasteiger charge is 2.19. The Hall–Kier alpha value is -2.16. The molecule has 2 aromatic rings. The highest BCUT2D eigenvalue weighted by atomic mass is 16.5. The lowest BCUT2D eigenvalue weighted by atomic mass is 10.1. The van der Waals surface area contributed by atoms with E-state index in [2.05, 4.69) is 70.7 Å². The third kappa shape index (κ3) is 4.91. The van der Waals surface area contributed by atoms with Gasteiger partial charge in [0.05, 0.1) is 12.8 Å². The first-order valence-corrected chi connectivity index (χ1v) is 8.98. The van der Waals surface area contributed by atoms with Gasteiger partial charge in [0.2, 0.25) is 0 Å². The molecule has 3 nitrogen and oxygen atoms in total. The summed E-state index contributed by atoms with van der Waals surface area (Å²) in [6, 6.07) is 13.3. The van der Waals surface area contributed by atoms with Crippen molar-refractivity contribution in [2.45, 2.75) is 60.2 Å². The molecule has 2 aromatic carbocycles. The van der Waals surface area contributed by atoms with Gasteiger partial charge in [0.25, 0.3) is 0 Å². The number of benzene rings is 2. The summed E-state index contributed by atoms with van der Waals surface area (Å²) in [5, 5.41) is 0. The van der Waals surface area contributed by atoms with Crippen molar-refractivity contribution >= 4 is 5.69 Å². The predicted octanol–water partition coefficient (Wildman–Crippen LogP) is 5.51. The van der Waals surface area contributed by atoms with Crippen molar-refractivity contribution < 1.29 is 9.47 Å². The molecule has 2 rings (SSSR count). The van der Waals surface area contributed by atoms with Gasteiger partial charge in [-0.2, -0.15) is 0 Å². The topological polar surface area (TPSA) is 21.7 Å². The molecule has 0 heterocycles. The summed E-state index contributed by atoms with van der Waals surface area (Å²) in [6.07, 6.45) is 0. The number of nitrogens with zero attached hydrogens (tertiary/aromatic N) is 1. The second-order valence-electron chi connectivity index (χ2n) is 7.21. The molecule has 136 valence electrons. The molecule has 0 bridgehead atoms. The van der Waals surface area contributed by atoms with E-state index in [1.165, 1.54) is 16.7 Å². The van der Waals surface area contributed by atoms with Crippen molar-refractivity contribution in [1.82, 2.24) is 0 Å². The predicted molar refractivity (Wildman–Crippen MR) is 106 cm³/mol. The largest absolute Gasteiger partial charge is 0.495 e. The fourth-order valence-corrected chi connectivity index (χ4v) is 3.43. The number of methoxy groups -OCH3 is 1. The van der Waals surface area contributed by atoms with E-state index in [0.717, 1.165) is 17.2 Å². The Labute approximate surface area is 152 Å². The number of aryl methyl sites for hydroxylation is 2. The van der Waals surface area contributed by atoms with E-state index in [4.69, 9.17) is 9.47 Å². The molecule has 0 unspecified atom stereocenters. The molecule has 0 radical (unpaired) electrons. The van der Waals surface area contributed by atoms with Gasteiger partial charge in [-0.05, 0) is 59.2 Å². The van der Waals surface area contributed by atoms with Crippen LogP contribution in [-0.2, 0) is 6.61 Å². The Bertz CT molecular complexity index is 679. The van der Waals surface area contributed by atoms with Crippen molar-refractivity contribution in [2.24, 2.45) is 0 Å². The Morgan fingerprint density at radius 2 is 1.48 bits per heavy atom. The zero-order valence-electron chi connectivity index (χ0n) is 16.6. The van der Waals surface area contributed by atoms with Gasteiger partial charge >= 0.3 is 0 Å². The first kappa shape index (κ1) is 19.2. The molecule has 0 saturated heterocycles. The van der Waals surface area contributed by atoms with E-state index < -0.39 is 0 Å². The summed E-state index contributed by atoms with van der Waals surface area (Å²) in [4.78, 5) is 2.35. The van der Waals surface area contributed by atoms with E-state index in [-0.39, 0.29) is 0 Å². The highest BCUT2D eigenvalue weighted by Crippen LogP contribution is 2.35. The molecule has 0 amide bonds. The van der Waals surface area contributed by atoms with Crippen LogP contribution in [-0.4, -0.2) is 19.2 Å². The third-order valence-electron chi connectivity index (χ3n) is 4.23. The molecular formula is C22H31NO2. The molecule has 0 saturated carbocycles. The average Bonchev–Trinajstić information content (AvgIpc) is 2.51. The molecule has 0 fully saturated rings. The molecule has 25 heavy (non-hydrogen) atoms. The summed E-state index contributed by atoms with van der Waals surface area (Å²) >= 11 is 0. The van der Waals surface area contributed by atoms with Crippen LogP contribution in [0.2, 0.25) is 0 Å². The van der Waals surface area contributed by atoms with Crippen molar-refractivity contribution in [3.63, 3.8) is 0 Å². The lowest BCUT2D eigenvalue weighted by molar-refractivity contribution is 0.305. The summed E-state index contributed by atoms with van der Waals surface area (Å²) < 4.78 is 11.6. The van der Waals surface area contributed by atoms with Crippen molar-refractivity contribution in [2.75, 3.05) is 12.0 Å². The van der Waals surface area contributed by atoms with Crippen LogP contribution in [0.4, 0.5) is 5.69 Å². The minimum atomic E-state index is 0.378. The van der Waals surface area contributed by atoms with Crippen molar-refractivity contribution in [1.29, 1.82) is 0 Å². The first-order valence-electron chi connectivity index (χ1n) is 8.98. The first-order chi connectivity index (χ1) is 11.8. The zero-order chi connectivity index (χ0) is 18.6. The van der Waals surface area contributed by atoms with Gasteiger partial charge in [-0.3, -0.25) is 0 Å². The maximum Gasteiger partial charge on any atom is 0.142 e. The smallest absolute Gasteiger partial charge is 0.142 e. The Balaban J connectivity index is 2.26.